The number of pyridine rings is 1. The number of benzene rings is 1. The van der Waals surface area contributed by atoms with Gasteiger partial charge in [-0.3, -0.25) is 0 Å². The van der Waals surface area contributed by atoms with Crippen molar-refractivity contribution in [3.05, 3.63) is 59.7 Å². The number of nitrogens with zero attached hydrogens (tertiary/aromatic N) is 6. The van der Waals surface area contributed by atoms with Crippen LogP contribution in [-0.4, -0.2) is 54.6 Å². The van der Waals surface area contributed by atoms with Gasteiger partial charge < -0.3 is 19.9 Å². The molecule has 2 N–H and O–H groups in total. The molecular formula is C27H31F2N7O. The maximum Gasteiger partial charge on any atom is 0.229 e. The van der Waals surface area contributed by atoms with Gasteiger partial charge in [0.15, 0.2) is 11.6 Å². The molecule has 0 unspecified atom stereocenters. The van der Waals surface area contributed by atoms with E-state index in [1.807, 2.05) is 31.4 Å². The van der Waals surface area contributed by atoms with Gasteiger partial charge in [0.2, 0.25) is 5.95 Å². The quantitative estimate of drug-likeness (QED) is 0.372. The number of anilines is 2. The number of hydrogen-bond donors (Lipinski definition) is 2. The molecule has 5 rings (SSSR count). The molecule has 4 heterocycles. The standard InChI is InChI=1S/C27H31F2N7O/c1-15(2)36-16(3)32-25-20(28)11-19(12-22(25)36)24-21(29)14-31-27(34-24)33-23-6-5-18(13-30-23)26(37)17-7-9-35(4)10-8-17/h5-6,11-15,17,26,37H,7-10H2,1-4H3,(H,30,31,33,34)/t26-/m1/s1. The predicted molar refractivity (Wildman–Crippen MR) is 138 cm³/mol. The first-order valence-corrected chi connectivity index (χ1v) is 12.5. The Labute approximate surface area is 214 Å². The second-order valence-corrected chi connectivity index (χ2v) is 10.0. The third kappa shape index (κ3) is 5.03. The topological polar surface area (TPSA) is 92.0 Å². The molecule has 0 aliphatic carbocycles. The van der Waals surface area contributed by atoms with Crippen LogP contribution in [0.1, 0.15) is 50.2 Å². The lowest BCUT2D eigenvalue weighted by Crippen LogP contribution is -2.32. The molecule has 1 aliphatic heterocycles. The van der Waals surface area contributed by atoms with E-state index in [9.17, 15) is 13.9 Å². The summed E-state index contributed by atoms with van der Waals surface area (Å²) in [5.41, 5.74) is 1.84. The van der Waals surface area contributed by atoms with Crippen molar-refractivity contribution < 1.29 is 13.9 Å². The summed E-state index contributed by atoms with van der Waals surface area (Å²) in [5.74, 6) is 0.257. The normalized spacial score (nSPS) is 16.0. The summed E-state index contributed by atoms with van der Waals surface area (Å²) in [6.45, 7) is 7.72. The van der Waals surface area contributed by atoms with E-state index in [0.29, 0.717) is 22.7 Å². The highest BCUT2D eigenvalue weighted by molar-refractivity contribution is 5.83. The molecule has 10 heteroatoms. The van der Waals surface area contributed by atoms with Crippen LogP contribution in [0.3, 0.4) is 0 Å². The number of aliphatic hydroxyl groups excluding tert-OH is 1. The summed E-state index contributed by atoms with van der Waals surface area (Å²) >= 11 is 0. The summed E-state index contributed by atoms with van der Waals surface area (Å²) in [4.78, 5) is 19.3. The van der Waals surface area contributed by atoms with Gasteiger partial charge in [-0.05, 0) is 83.4 Å². The van der Waals surface area contributed by atoms with Gasteiger partial charge in [0, 0.05) is 17.8 Å². The van der Waals surface area contributed by atoms with Crippen LogP contribution in [0.25, 0.3) is 22.3 Å². The monoisotopic (exact) mass is 507 g/mol. The Balaban J connectivity index is 1.39. The fourth-order valence-electron chi connectivity index (χ4n) is 5.07. The Hall–Kier alpha value is -3.50. The first-order chi connectivity index (χ1) is 17.7. The largest absolute Gasteiger partial charge is 0.388 e. The van der Waals surface area contributed by atoms with Gasteiger partial charge in [0.05, 0.1) is 17.8 Å². The van der Waals surface area contributed by atoms with Crippen LogP contribution < -0.4 is 5.32 Å². The molecule has 3 aromatic heterocycles. The van der Waals surface area contributed by atoms with E-state index in [0.717, 1.165) is 37.7 Å². The molecule has 0 saturated carbocycles. The minimum atomic E-state index is -0.666. The third-order valence-electron chi connectivity index (χ3n) is 7.04. The summed E-state index contributed by atoms with van der Waals surface area (Å²) in [6.07, 6.45) is 3.99. The van der Waals surface area contributed by atoms with E-state index in [4.69, 9.17) is 0 Å². The molecule has 0 bridgehead atoms. The van der Waals surface area contributed by atoms with Gasteiger partial charge in [-0.2, -0.15) is 0 Å². The number of fused-ring (bicyclic) bond motifs is 1. The smallest absolute Gasteiger partial charge is 0.229 e. The maximum absolute atomic E-state index is 14.9. The first-order valence-electron chi connectivity index (χ1n) is 12.5. The van der Waals surface area contributed by atoms with Gasteiger partial charge in [-0.15, -0.1) is 0 Å². The predicted octanol–water partition coefficient (Wildman–Crippen LogP) is 5.17. The van der Waals surface area contributed by atoms with Crippen LogP contribution in [0.15, 0.2) is 36.7 Å². The fraction of sp³-hybridized carbons (Fsp3) is 0.407. The number of aromatic nitrogens is 5. The maximum atomic E-state index is 14.9. The summed E-state index contributed by atoms with van der Waals surface area (Å²) in [6, 6.07) is 6.55. The van der Waals surface area contributed by atoms with Crippen molar-refractivity contribution in [3.63, 3.8) is 0 Å². The summed E-state index contributed by atoms with van der Waals surface area (Å²) in [7, 11) is 2.09. The molecule has 0 amide bonds. The molecule has 1 saturated heterocycles. The molecule has 1 aliphatic rings. The molecule has 1 atom stereocenters. The average molecular weight is 508 g/mol. The lowest BCUT2D eigenvalue weighted by molar-refractivity contribution is 0.0655. The fourth-order valence-corrected chi connectivity index (χ4v) is 5.07. The number of rotatable bonds is 6. The highest BCUT2D eigenvalue weighted by atomic mass is 19.1. The zero-order valence-corrected chi connectivity index (χ0v) is 21.4. The van der Waals surface area contributed by atoms with Crippen molar-refractivity contribution >= 4 is 22.8 Å². The van der Waals surface area contributed by atoms with Crippen molar-refractivity contribution in [2.24, 2.45) is 5.92 Å². The van der Waals surface area contributed by atoms with E-state index in [1.165, 1.54) is 6.07 Å². The van der Waals surface area contributed by atoms with Gasteiger partial charge in [0.25, 0.3) is 0 Å². The Morgan fingerprint density at radius 1 is 1.03 bits per heavy atom. The van der Waals surface area contributed by atoms with E-state index < -0.39 is 17.7 Å². The highest BCUT2D eigenvalue weighted by Crippen LogP contribution is 2.32. The van der Waals surface area contributed by atoms with Gasteiger partial charge in [-0.25, -0.2) is 28.7 Å². The third-order valence-corrected chi connectivity index (χ3v) is 7.04. The van der Waals surface area contributed by atoms with Crippen LogP contribution >= 0.6 is 0 Å². The molecular weight excluding hydrogens is 476 g/mol. The number of piperidine rings is 1. The molecule has 1 fully saturated rings. The van der Waals surface area contributed by atoms with Crippen LogP contribution in [0.4, 0.5) is 20.5 Å². The summed E-state index contributed by atoms with van der Waals surface area (Å²) < 4.78 is 31.6. The number of aryl methyl sites for hydroxylation is 1. The zero-order chi connectivity index (χ0) is 26.3. The second-order valence-electron chi connectivity index (χ2n) is 10.0. The van der Waals surface area contributed by atoms with Crippen LogP contribution in [-0.2, 0) is 0 Å². The van der Waals surface area contributed by atoms with Crippen LogP contribution in [0, 0.1) is 24.5 Å². The molecule has 194 valence electrons. The molecule has 37 heavy (non-hydrogen) atoms. The Bertz CT molecular complexity index is 1410. The van der Waals surface area contributed by atoms with Crippen LogP contribution in [0.5, 0.6) is 0 Å². The Morgan fingerprint density at radius 3 is 2.46 bits per heavy atom. The minimum absolute atomic E-state index is 0.0261. The average Bonchev–Trinajstić information content (AvgIpc) is 3.22. The molecule has 0 spiro atoms. The second kappa shape index (κ2) is 10.1. The van der Waals surface area contributed by atoms with E-state index in [1.54, 1.807) is 18.3 Å². The van der Waals surface area contributed by atoms with Crippen molar-refractivity contribution in [1.29, 1.82) is 0 Å². The number of likely N-dealkylation sites (tertiary alicyclic amines) is 1. The van der Waals surface area contributed by atoms with Crippen molar-refractivity contribution in [2.75, 3.05) is 25.5 Å². The number of halogens is 2. The van der Waals surface area contributed by atoms with E-state index >= 15 is 0 Å². The minimum Gasteiger partial charge on any atom is -0.388 e. The molecule has 4 aromatic rings. The zero-order valence-electron chi connectivity index (χ0n) is 21.4. The summed E-state index contributed by atoms with van der Waals surface area (Å²) in [5, 5.41) is 13.8. The molecule has 0 radical (unpaired) electrons. The Kier molecular flexibility index (Phi) is 6.87. The van der Waals surface area contributed by atoms with Gasteiger partial charge in [0.1, 0.15) is 22.9 Å². The molecule has 8 nitrogen and oxygen atoms in total. The number of nitrogens with one attached hydrogen (secondary N) is 1. The molecule has 1 aromatic carbocycles. The van der Waals surface area contributed by atoms with Gasteiger partial charge in [-0.1, -0.05) is 6.07 Å². The highest BCUT2D eigenvalue weighted by Gasteiger charge is 2.25. The Morgan fingerprint density at radius 2 is 1.78 bits per heavy atom. The number of imidazole rings is 1. The van der Waals surface area contributed by atoms with Crippen molar-refractivity contribution in [3.8, 4) is 11.3 Å². The lowest BCUT2D eigenvalue weighted by atomic mass is 9.88. The van der Waals surface area contributed by atoms with E-state index in [-0.39, 0.29) is 29.1 Å². The number of aliphatic hydroxyl groups is 1. The van der Waals surface area contributed by atoms with Crippen LogP contribution in [0.2, 0.25) is 0 Å². The van der Waals surface area contributed by atoms with Crippen molar-refractivity contribution in [2.45, 2.75) is 45.8 Å². The first kappa shape index (κ1) is 25.2. The SMILES string of the molecule is Cc1nc2c(F)cc(-c3nc(Nc4ccc([C@H](O)C5CCN(C)CC5)cn4)ncc3F)cc2n1C(C)C. The lowest BCUT2D eigenvalue weighted by Gasteiger charge is -2.32. The van der Waals surface area contributed by atoms with Crippen molar-refractivity contribution in [1.82, 2.24) is 29.4 Å². The van der Waals surface area contributed by atoms with Gasteiger partial charge >= 0.3 is 0 Å². The van der Waals surface area contributed by atoms with E-state index in [2.05, 4.69) is 37.2 Å². The number of hydrogen-bond acceptors (Lipinski definition) is 7.